The Morgan fingerprint density at radius 3 is 2.54 bits per heavy atom. The number of hydrogen-bond donors (Lipinski definition) is 0. The van der Waals surface area contributed by atoms with Gasteiger partial charge in [-0.05, 0) is 26.4 Å². The van der Waals surface area contributed by atoms with Gasteiger partial charge in [0.25, 0.3) is 0 Å². The van der Waals surface area contributed by atoms with E-state index >= 15 is 0 Å². The van der Waals surface area contributed by atoms with Crippen LogP contribution in [0.3, 0.4) is 0 Å². The highest BCUT2D eigenvalue weighted by molar-refractivity contribution is 5.72. The molecule has 1 heterocycles. The summed E-state index contributed by atoms with van der Waals surface area (Å²) in [5.74, 6) is 0.0512. The van der Waals surface area contributed by atoms with Crippen LogP contribution in [0.15, 0.2) is 0 Å². The van der Waals surface area contributed by atoms with E-state index in [2.05, 4.69) is 9.64 Å². The molecule has 13 heavy (non-hydrogen) atoms. The molecule has 0 amide bonds. The molecule has 1 unspecified atom stereocenters. The van der Waals surface area contributed by atoms with E-state index in [1.54, 1.807) is 0 Å². The summed E-state index contributed by atoms with van der Waals surface area (Å²) in [5, 5.41) is 0. The van der Waals surface area contributed by atoms with Crippen molar-refractivity contribution in [2.45, 2.75) is 26.7 Å². The zero-order valence-electron chi connectivity index (χ0n) is 9.17. The molecule has 1 atom stereocenters. The van der Waals surface area contributed by atoms with Gasteiger partial charge in [-0.1, -0.05) is 13.8 Å². The van der Waals surface area contributed by atoms with Crippen molar-refractivity contribution in [1.82, 2.24) is 4.90 Å². The fourth-order valence-corrected chi connectivity index (χ4v) is 1.53. The molecule has 0 saturated carbocycles. The quantitative estimate of drug-likeness (QED) is 0.583. The topological polar surface area (TPSA) is 29.5 Å². The molecule has 0 aliphatic carbocycles. The first-order valence-electron chi connectivity index (χ1n) is 5.00. The van der Waals surface area contributed by atoms with Crippen molar-refractivity contribution in [3.63, 3.8) is 0 Å². The first-order valence-corrected chi connectivity index (χ1v) is 5.00. The number of methoxy groups -OCH3 is 1. The van der Waals surface area contributed by atoms with E-state index in [0.717, 1.165) is 25.9 Å². The maximum atomic E-state index is 11.1. The van der Waals surface area contributed by atoms with Gasteiger partial charge >= 0.3 is 5.97 Å². The minimum atomic E-state index is -0.0587. The van der Waals surface area contributed by atoms with Gasteiger partial charge in [-0.25, -0.2) is 0 Å². The number of rotatable bonds is 1. The zero-order chi connectivity index (χ0) is 10.3. The molecule has 0 aromatic rings. The SMILES string of the molecule is CC.COC(=O)C1CCCN(C)C1. The largest absolute Gasteiger partial charge is 0.469 e. The summed E-state index contributed by atoms with van der Waals surface area (Å²) < 4.78 is 4.67. The first-order chi connectivity index (χ1) is 6.24. The van der Waals surface area contributed by atoms with Crippen molar-refractivity contribution in [1.29, 1.82) is 0 Å². The van der Waals surface area contributed by atoms with Crippen LogP contribution in [0.5, 0.6) is 0 Å². The summed E-state index contributed by atoms with van der Waals surface area (Å²) in [4.78, 5) is 13.2. The highest BCUT2D eigenvalue weighted by Gasteiger charge is 2.23. The molecule has 1 aliphatic rings. The van der Waals surface area contributed by atoms with E-state index in [9.17, 15) is 4.79 Å². The van der Waals surface area contributed by atoms with Crippen LogP contribution >= 0.6 is 0 Å². The maximum absolute atomic E-state index is 11.1. The highest BCUT2D eigenvalue weighted by atomic mass is 16.5. The maximum Gasteiger partial charge on any atom is 0.309 e. The molecule has 0 spiro atoms. The molecule has 1 aliphatic heterocycles. The van der Waals surface area contributed by atoms with Crippen molar-refractivity contribution in [2.24, 2.45) is 5.92 Å². The van der Waals surface area contributed by atoms with Gasteiger partial charge in [0.05, 0.1) is 13.0 Å². The van der Waals surface area contributed by atoms with Crippen LogP contribution in [0.2, 0.25) is 0 Å². The second-order valence-electron chi connectivity index (χ2n) is 3.12. The van der Waals surface area contributed by atoms with Gasteiger partial charge in [-0.2, -0.15) is 0 Å². The third kappa shape index (κ3) is 4.27. The van der Waals surface area contributed by atoms with Crippen LogP contribution in [-0.2, 0) is 9.53 Å². The van der Waals surface area contributed by atoms with Crippen LogP contribution in [-0.4, -0.2) is 38.1 Å². The van der Waals surface area contributed by atoms with Gasteiger partial charge in [0.1, 0.15) is 0 Å². The van der Waals surface area contributed by atoms with Crippen molar-refractivity contribution >= 4 is 5.97 Å². The fourth-order valence-electron chi connectivity index (χ4n) is 1.53. The molecule has 1 rings (SSSR count). The molecular weight excluding hydrogens is 166 g/mol. The van der Waals surface area contributed by atoms with E-state index < -0.39 is 0 Å². The summed E-state index contributed by atoms with van der Waals surface area (Å²) in [6.45, 7) is 5.96. The fraction of sp³-hybridized carbons (Fsp3) is 0.900. The lowest BCUT2D eigenvalue weighted by Gasteiger charge is -2.27. The number of esters is 1. The van der Waals surface area contributed by atoms with Gasteiger partial charge in [0.2, 0.25) is 0 Å². The molecule has 1 saturated heterocycles. The zero-order valence-corrected chi connectivity index (χ0v) is 9.17. The molecule has 3 nitrogen and oxygen atoms in total. The lowest BCUT2D eigenvalue weighted by molar-refractivity contribution is -0.147. The van der Waals surface area contributed by atoms with E-state index in [1.807, 2.05) is 20.9 Å². The minimum absolute atomic E-state index is 0.0587. The summed E-state index contributed by atoms with van der Waals surface area (Å²) in [5.41, 5.74) is 0. The molecular formula is C10H21NO2. The van der Waals surface area contributed by atoms with E-state index in [4.69, 9.17) is 0 Å². The Labute approximate surface area is 81.1 Å². The van der Waals surface area contributed by atoms with Crippen molar-refractivity contribution in [3.8, 4) is 0 Å². The summed E-state index contributed by atoms with van der Waals surface area (Å²) in [6, 6.07) is 0. The Morgan fingerprint density at radius 2 is 2.08 bits per heavy atom. The van der Waals surface area contributed by atoms with E-state index in [0.29, 0.717) is 0 Å². The number of ether oxygens (including phenoxy) is 1. The number of carbonyl (C=O) groups excluding carboxylic acids is 1. The lowest BCUT2D eigenvalue weighted by atomic mass is 9.99. The van der Waals surface area contributed by atoms with Crippen LogP contribution in [0, 0.1) is 5.92 Å². The van der Waals surface area contributed by atoms with Gasteiger partial charge in [-0.3, -0.25) is 4.79 Å². The van der Waals surface area contributed by atoms with Gasteiger partial charge in [0, 0.05) is 6.54 Å². The minimum Gasteiger partial charge on any atom is -0.469 e. The lowest BCUT2D eigenvalue weighted by Crippen LogP contribution is -2.36. The van der Waals surface area contributed by atoms with Crippen molar-refractivity contribution in [2.75, 3.05) is 27.2 Å². The Hall–Kier alpha value is -0.570. The number of piperidine rings is 1. The molecule has 78 valence electrons. The number of nitrogens with zero attached hydrogens (tertiary/aromatic N) is 1. The predicted octanol–water partition coefficient (Wildman–Crippen LogP) is 1.53. The van der Waals surface area contributed by atoms with Crippen LogP contribution < -0.4 is 0 Å². The molecule has 0 aromatic heterocycles. The molecule has 0 aromatic carbocycles. The van der Waals surface area contributed by atoms with Crippen LogP contribution in [0.4, 0.5) is 0 Å². The Morgan fingerprint density at radius 1 is 1.46 bits per heavy atom. The summed E-state index contributed by atoms with van der Waals surface area (Å²) >= 11 is 0. The number of likely N-dealkylation sites (tertiary alicyclic amines) is 1. The van der Waals surface area contributed by atoms with Crippen molar-refractivity contribution < 1.29 is 9.53 Å². The van der Waals surface area contributed by atoms with Crippen LogP contribution in [0.1, 0.15) is 26.7 Å². The second kappa shape index (κ2) is 6.89. The Balaban J connectivity index is 0.000000671. The van der Waals surface area contributed by atoms with E-state index in [1.165, 1.54) is 7.11 Å². The molecule has 0 bridgehead atoms. The summed E-state index contributed by atoms with van der Waals surface area (Å²) in [7, 11) is 3.49. The van der Waals surface area contributed by atoms with Gasteiger partial charge in [0.15, 0.2) is 0 Å². The third-order valence-electron chi connectivity index (χ3n) is 2.16. The van der Waals surface area contributed by atoms with Gasteiger partial charge in [-0.15, -0.1) is 0 Å². The normalized spacial score (nSPS) is 22.9. The highest BCUT2D eigenvalue weighted by Crippen LogP contribution is 2.15. The molecule has 0 N–H and O–H groups in total. The Kier molecular flexibility index (Phi) is 6.59. The van der Waals surface area contributed by atoms with Crippen LogP contribution in [0.25, 0.3) is 0 Å². The Bertz CT molecular complexity index is 148. The smallest absolute Gasteiger partial charge is 0.309 e. The predicted molar refractivity (Wildman–Crippen MR) is 53.6 cm³/mol. The molecule has 3 heteroatoms. The number of hydrogen-bond acceptors (Lipinski definition) is 3. The molecule has 1 fully saturated rings. The van der Waals surface area contributed by atoms with E-state index in [-0.39, 0.29) is 11.9 Å². The van der Waals surface area contributed by atoms with Crippen molar-refractivity contribution in [3.05, 3.63) is 0 Å². The average molecular weight is 187 g/mol. The monoisotopic (exact) mass is 187 g/mol. The molecule has 0 radical (unpaired) electrons. The standard InChI is InChI=1S/C8H15NO2.C2H6/c1-9-5-3-4-7(6-9)8(10)11-2;1-2/h7H,3-6H2,1-2H3;1-2H3. The van der Waals surface area contributed by atoms with Gasteiger partial charge < -0.3 is 9.64 Å². The number of carbonyl (C=O) groups is 1. The third-order valence-corrected chi connectivity index (χ3v) is 2.16. The summed E-state index contributed by atoms with van der Waals surface area (Å²) in [6.07, 6.45) is 2.09. The average Bonchev–Trinajstić information content (AvgIpc) is 2.20. The first kappa shape index (κ1) is 12.4. The second-order valence-corrected chi connectivity index (χ2v) is 3.12.